The van der Waals surface area contributed by atoms with E-state index < -0.39 is 24.9 Å². The Morgan fingerprint density at radius 1 is 1.18 bits per heavy atom. The van der Waals surface area contributed by atoms with Crippen molar-refractivity contribution in [3.63, 3.8) is 0 Å². The zero-order chi connectivity index (χ0) is 16.2. The number of likely N-dealkylation sites (tertiary alicyclic amines) is 1. The zero-order valence-electron chi connectivity index (χ0n) is 12.6. The third kappa shape index (κ3) is 5.18. The number of rotatable bonds is 4. The summed E-state index contributed by atoms with van der Waals surface area (Å²) in [7, 11) is 0. The molecule has 1 N–H and O–H groups in total. The molecule has 0 bridgehead atoms. The fourth-order valence-corrected chi connectivity index (χ4v) is 3.31. The van der Waals surface area contributed by atoms with Gasteiger partial charge in [0, 0.05) is 25.4 Å². The number of carbonyl (C=O) groups excluding carboxylic acids is 2. The van der Waals surface area contributed by atoms with Crippen LogP contribution in [0.3, 0.4) is 0 Å². The summed E-state index contributed by atoms with van der Waals surface area (Å²) in [5.74, 6) is -0.620. The Morgan fingerprint density at radius 3 is 2.41 bits per heavy atom. The Hall–Kier alpha value is -1.27. The first-order valence-corrected chi connectivity index (χ1v) is 8.01. The van der Waals surface area contributed by atoms with Crippen molar-refractivity contribution in [2.24, 2.45) is 0 Å². The minimum Gasteiger partial charge on any atom is -0.351 e. The van der Waals surface area contributed by atoms with Gasteiger partial charge in [-0.15, -0.1) is 0 Å². The van der Waals surface area contributed by atoms with Gasteiger partial charge in [-0.05, 0) is 12.8 Å². The van der Waals surface area contributed by atoms with E-state index >= 15 is 0 Å². The van der Waals surface area contributed by atoms with Crippen LogP contribution in [0.4, 0.5) is 13.2 Å². The van der Waals surface area contributed by atoms with Gasteiger partial charge < -0.3 is 10.2 Å². The minimum atomic E-state index is -4.32. The van der Waals surface area contributed by atoms with E-state index in [2.05, 4.69) is 5.32 Å². The van der Waals surface area contributed by atoms with Gasteiger partial charge in [0.15, 0.2) is 0 Å². The summed E-state index contributed by atoms with van der Waals surface area (Å²) in [6.45, 7) is 0.432. The van der Waals surface area contributed by atoms with Crippen LogP contribution in [0, 0.1) is 0 Å². The monoisotopic (exact) mass is 320 g/mol. The molecule has 2 aliphatic rings. The van der Waals surface area contributed by atoms with Crippen molar-refractivity contribution in [2.45, 2.75) is 76.0 Å². The second-order valence-corrected chi connectivity index (χ2v) is 6.28. The summed E-state index contributed by atoms with van der Waals surface area (Å²) >= 11 is 0. The van der Waals surface area contributed by atoms with Crippen LogP contribution in [0.1, 0.15) is 57.8 Å². The van der Waals surface area contributed by atoms with Crippen LogP contribution in [-0.4, -0.2) is 41.5 Å². The lowest BCUT2D eigenvalue weighted by Gasteiger charge is -2.27. The SMILES string of the molecule is O=C(CCC(F)(F)F)N[C@@H]1CC(=O)N(C2CCCCCC2)C1. The Morgan fingerprint density at radius 2 is 1.82 bits per heavy atom. The molecule has 0 unspecified atom stereocenters. The number of nitrogens with zero attached hydrogens (tertiary/aromatic N) is 1. The molecule has 1 aliphatic carbocycles. The third-order valence-corrected chi connectivity index (χ3v) is 4.42. The summed E-state index contributed by atoms with van der Waals surface area (Å²) in [5.41, 5.74) is 0. The first kappa shape index (κ1) is 17.1. The standard InChI is InChI=1S/C15H23F3N2O2/c16-15(17,18)8-7-13(21)19-11-9-14(22)20(10-11)12-5-3-1-2-4-6-12/h11-12H,1-10H2,(H,19,21)/t11-/m1/s1. The molecule has 2 fully saturated rings. The van der Waals surface area contributed by atoms with Gasteiger partial charge in [0.25, 0.3) is 0 Å². The van der Waals surface area contributed by atoms with Gasteiger partial charge in [-0.25, -0.2) is 0 Å². The van der Waals surface area contributed by atoms with Crippen molar-refractivity contribution < 1.29 is 22.8 Å². The highest BCUT2D eigenvalue weighted by molar-refractivity contribution is 5.82. The molecule has 1 heterocycles. The minimum absolute atomic E-state index is 0.00743. The lowest BCUT2D eigenvalue weighted by molar-refractivity contribution is -0.144. The van der Waals surface area contributed by atoms with E-state index in [1.165, 1.54) is 12.8 Å². The van der Waals surface area contributed by atoms with E-state index in [9.17, 15) is 22.8 Å². The average molecular weight is 320 g/mol. The van der Waals surface area contributed by atoms with Gasteiger partial charge in [0.2, 0.25) is 11.8 Å². The first-order chi connectivity index (χ1) is 10.3. The molecule has 1 atom stereocenters. The molecule has 4 nitrogen and oxygen atoms in total. The predicted octanol–water partition coefficient (Wildman–Crippen LogP) is 2.77. The van der Waals surface area contributed by atoms with E-state index in [1.807, 2.05) is 4.90 Å². The number of hydrogen-bond donors (Lipinski definition) is 1. The molecule has 0 radical (unpaired) electrons. The van der Waals surface area contributed by atoms with E-state index in [-0.39, 0.29) is 24.4 Å². The first-order valence-electron chi connectivity index (χ1n) is 8.01. The molecule has 0 aromatic heterocycles. The summed E-state index contributed by atoms with van der Waals surface area (Å²) in [4.78, 5) is 25.5. The molecule has 1 saturated heterocycles. The predicted molar refractivity (Wildman–Crippen MR) is 75.0 cm³/mol. The number of nitrogens with one attached hydrogen (secondary N) is 1. The maximum Gasteiger partial charge on any atom is 0.389 e. The van der Waals surface area contributed by atoms with Crippen LogP contribution in [0.2, 0.25) is 0 Å². The van der Waals surface area contributed by atoms with Gasteiger partial charge in [-0.2, -0.15) is 13.2 Å². The van der Waals surface area contributed by atoms with Crippen molar-refractivity contribution in [3.05, 3.63) is 0 Å². The molecule has 126 valence electrons. The largest absolute Gasteiger partial charge is 0.389 e. The van der Waals surface area contributed by atoms with Crippen molar-refractivity contribution >= 4 is 11.8 Å². The molecule has 1 saturated carbocycles. The van der Waals surface area contributed by atoms with Crippen molar-refractivity contribution in [3.8, 4) is 0 Å². The van der Waals surface area contributed by atoms with Crippen LogP contribution < -0.4 is 5.32 Å². The lowest BCUT2D eigenvalue weighted by atomic mass is 10.1. The fourth-order valence-electron chi connectivity index (χ4n) is 3.31. The molecule has 1 aliphatic heterocycles. The average Bonchev–Trinajstić information content (AvgIpc) is 2.65. The van der Waals surface area contributed by atoms with Crippen LogP contribution in [-0.2, 0) is 9.59 Å². The second-order valence-electron chi connectivity index (χ2n) is 6.28. The molecule has 0 aromatic rings. The number of hydrogen-bond acceptors (Lipinski definition) is 2. The maximum absolute atomic E-state index is 12.1. The highest BCUT2D eigenvalue weighted by atomic mass is 19.4. The molecular formula is C15H23F3N2O2. The van der Waals surface area contributed by atoms with Crippen molar-refractivity contribution in [1.29, 1.82) is 0 Å². The molecule has 7 heteroatoms. The third-order valence-electron chi connectivity index (χ3n) is 4.42. The normalized spacial score (nSPS) is 24.4. The number of halogens is 3. The highest BCUT2D eigenvalue weighted by Crippen LogP contribution is 2.26. The van der Waals surface area contributed by atoms with Crippen LogP contribution >= 0.6 is 0 Å². The number of amides is 2. The highest BCUT2D eigenvalue weighted by Gasteiger charge is 2.35. The lowest BCUT2D eigenvalue weighted by Crippen LogP contribution is -2.40. The summed E-state index contributed by atoms with van der Waals surface area (Å²) in [6.07, 6.45) is 0.758. The topological polar surface area (TPSA) is 49.4 Å². The number of alkyl halides is 3. The second kappa shape index (κ2) is 7.33. The summed E-state index contributed by atoms with van der Waals surface area (Å²) in [6, 6.07) is -0.122. The molecule has 2 amide bonds. The fraction of sp³-hybridized carbons (Fsp3) is 0.867. The van der Waals surface area contributed by atoms with Gasteiger partial charge in [0.1, 0.15) is 0 Å². The van der Waals surface area contributed by atoms with Gasteiger partial charge in [-0.3, -0.25) is 9.59 Å². The molecular weight excluding hydrogens is 297 g/mol. The summed E-state index contributed by atoms with van der Waals surface area (Å²) < 4.78 is 36.3. The van der Waals surface area contributed by atoms with E-state index in [4.69, 9.17) is 0 Å². The zero-order valence-corrected chi connectivity index (χ0v) is 12.6. The Labute approximate surface area is 128 Å². The molecule has 22 heavy (non-hydrogen) atoms. The van der Waals surface area contributed by atoms with Gasteiger partial charge >= 0.3 is 6.18 Å². The van der Waals surface area contributed by atoms with Gasteiger partial charge in [0.05, 0.1) is 12.5 Å². The Balaban J connectivity index is 1.80. The smallest absolute Gasteiger partial charge is 0.351 e. The van der Waals surface area contributed by atoms with Crippen molar-refractivity contribution in [2.75, 3.05) is 6.54 Å². The van der Waals surface area contributed by atoms with Crippen molar-refractivity contribution in [1.82, 2.24) is 10.2 Å². The summed E-state index contributed by atoms with van der Waals surface area (Å²) in [5, 5.41) is 2.57. The Bertz CT molecular complexity index is 404. The van der Waals surface area contributed by atoms with Crippen LogP contribution in [0.25, 0.3) is 0 Å². The van der Waals surface area contributed by atoms with Gasteiger partial charge in [-0.1, -0.05) is 25.7 Å². The van der Waals surface area contributed by atoms with Crippen LogP contribution in [0.15, 0.2) is 0 Å². The molecule has 0 aromatic carbocycles. The molecule has 0 spiro atoms. The quantitative estimate of drug-likeness (QED) is 0.810. The number of carbonyl (C=O) groups is 2. The van der Waals surface area contributed by atoms with E-state index in [1.54, 1.807) is 0 Å². The maximum atomic E-state index is 12.1. The molecule has 2 rings (SSSR count). The van der Waals surface area contributed by atoms with Crippen LogP contribution in [0.5, 0.6) is 0 Å². The Kier molecular flexibility index (Phi) is 5.69. The van der Waals surface area contributed by atoms with E-state index in [0.29, 0.717) is 6.54 Å². The van der Waals surface area contributed by atoms with E-state index in [0.717, 1.165) is 25.7 Å².